The van der Waals surface area contributed by atoms with E-state index in [4.69, 9.17) is 58.7 Å². The number of fused-ring (bicyclic) bond motifs is 5. The molecule has 0 radical (unpaired) electrons. The van der Waals surface area contributed by atoms with E-state index in [0.29, 0.717) is 36.8 Å². The number of Topliss-reactive ketones (excluding diaryl/α,β-unsaturated/α-hetero) is 1. The third kappa shape index (κ3) is 19.3. The maximum atomic E-state index is 11.7. The van der Waals surface area contributed by atoms with Gasteiger partial charge in [0.25, 0.3) is 23.1 Å². The second-order valence-corrected chi connectivity index (χ2v) is 31.9. The molecular weight excluding hydrogens is 1410 g/mol. The number of nitro benzene ring substituents is 1. The molecule has 0 atom stereocenters. The molecule has 0 unspecified atom stereocenters. The lowest BCUT2D eigenvalue weighted by atomic mass is 9.86. The molecule has 3 aromatic heterocycles. The van der Waals surface area contributed by atoms with Crippen LogP contribution in [-0.2, 0) is 57.5 Å². The van der Waals surface area contributed by atoms with Crippen molar-refractivity contribution >= 4 is 45.9 Å². The van der Waals surface area contributed by atoms with Gasteiger partial charge in [-0.3, -0.25) is 19.7 Å². The number of esters is 1. The van der Waals surface area contributed by atoms with E-state index < -0.39 is 22.1 Å². The summed E-state index contributed by atoms with van der Waals surface area (Å²) in [5, 5.41) is 50.1. The molecule has 9 aromatic rings. The van der Waals surface area contributed by atoms with Gasteiger partial charge in [-0.1, -0.05) is 93.5 Å². The highest BCUT2D eigenvalue weighted by atomic mass is 35.5. The Kier molecular flexibility index (Phi) is 25.4. The quantitative estimate of drug-likeness (QED) is 0.0197. The number of nitrogens with zero attached hydrogens (tertiary/aromatic N) is 1. The van der Waals surface area contributed by atoms with Crippen LogP contribution in [0.3, 0.4) is 0 Å². The van der Waals surface area contributed by atoms with Crippen LogP contribution in [0.15, 0.2) is 122 Å². The maximum absolute atomic E-state index is 11.7. The van der Waals surface area contributed by atoms with Gasteiger partial charge in [-0.05, 0) is 264 Å². The Morgan fingerprint density at radius 2 is 0.872 bits per heavy atom. The van der Waals surface area contributed by atoms with Crippen LogP contribution in [0.5, 0.6) is 58.1 Å². The minimum Gasteiger partial charge on any atom is -0.508 e. The van der Waals surface area contributed by atoms with Crippen molar-refractivity contribution in [1.29, 1.82) is 0 Å². The molecule has 0 saturated carbocycles. The first-order valence-corrected chi connectivity index (χ1v) is 36.8. The Balaban J connectivity index is 0.000000152. The van der Waals surface area contributed by atoms with Crippen molar-refractivity contribution in [2.45, 2.75) is 195 Å². The average molecular weight is 1510 g/mol. The number of aromatic hydroxyl groups is 2. The Labute approximate surface area is 642 Å². The Morgan fingerprint density at radius 1 is 0.505 bits per heavy atom. The van der Waals surface area contributed by atoms with Crippen molar-refractivity contribution in [3.05, 3.63) is 220 Å². The van der Waals surface area contributed by atoms with E-state index in [2.05, 4.69) is 108 Å². The highest BCUT2D eigenvalue weighted by Gasteiger charge is 2.38. The number of nitro groups is 1. The number of hydrogen-bond donors (Lipinski definition) is 5. The molecule has 6 aromatic carbocycles. The van der Waals surface area contributed by atoms with E-state index >= 15 is 0 Å². The van der Waals surface area contributed by atoms with Crippen molar-refractivity contribution in [3.8, 4) is 58.1 Å². The van der Waals surface area contributed by atoms with E-state index in [1.807, 2.05) is 54.5 Å². The van der Waals surface area contributed by atoms with E-state index in [1.54, 1.807) is 30.3 Å². The number of aliphatic hydroxyl groups is 1. The van der Waals surface area contributed by atoms with E-state index in [9.17, 15) is 39.5 Å². The third-order valence-electron chi connectivity index (χ3n) is 21.1. The highest BCUT2D eigenvalue weighted by Crippen LogP contribution is 2.48. The molecule has 0 bridgehead atoms. The van der Waals surface area contributed by atoms with Crippen LogP contribution in [-0.4, -0.2) is 82.8 Å². The van der Waals surface area contributed by atoms with Gasteiger partial charge in [0.05, 0.1) is 26.3 Å². The number of carboxylic acids is 1. The smallest absolute Gasteiger partial charge is 0.374 e. The summed E-state index contributed by atoms with van der Waals surface area (Å²) < 4.78 is 47.7. The number of aromatic carboxylic acids is 1. The number of furan rings is 3. The van der Waals surface area contributed by atoms with Gasteiger partial charge in [-0.25, -0.2) is 9.59 Å². The van der Waals surface area contributed by atoms with Gasteiger partial charge in [0.1, 0.15) is 28.7 Å². The number of hydrogen-bond acceptors (Lipinski definition) is 19. The van der Waals surface area contributed by atoms with Crippen LogP contribution < -0.4 is 29.0 Å². The fourth-order valence-corrected chi connectivity index (χ4v) is 14.6. The number of ketones is 1. The SMILES string of the molecule is COC(=O)c1ccc(Oc2cc3c(cc2C)CCC3(C)C)o1.COc1cc(NCCCO)cc(OC)c1[N+](=O)[O-].Cc1cc2c(cc1O)C(C)(C)CC2.Cc1cc2c(cc1O)C(C)(C)CC2=O.Cc1cc2c(cc1Oc1ccc(C(=O)Cl)o1)C(C)(C)CC2.Cc1cc2c(cc1Oc1ccc(C(=O)O)o1)C(C)(C)CC2. The number of phenols is 2. The predicted molar refractivity (Wildman–Crippen MR) is 418 cm³/mol. The Bertz CT molecular complexity index is 4740. The Hall–Kier alpha value is -10.5. The molecule has 0 saturated heterocycles. The zero-order valence-electron chi connectivity index (χ0n) is 65.6. The second kappa shape index (κ2) is 33.5. The predicted octanol–water partition coefficient (Wildman–Crippen LogP) is 20.6. The van der Waals surface area contributed by atoms with Gasteiger partial charge >= 0.3 is 17.6 Å². The third-order valence-corrected chi connectivity index (χ3v) is 21.3. The van der Waals surface area contributed by atoms with Gasteiger partial charge in [0, 0.05) is 61.2 Å². The van der Waals surface area contributed by atoms with Crippen molar-refractivity contribution in [3.63, 3.8) is 0 Å². The number of aryl methyl sites for hydroxylation is 9. The number of halogens is 1. The summed E-state index contributed by atoms with van der Waals surface area (Å²) in [6.07, 6.45) is 10.2. The molecule has 0 aliphatic heterocycles. The van der Waals surface area contributed by atoms with Gasteiger partial charge in [-0.2, -0.15) is 0 Å². The van der Waals surface area contributed by atoms with Crippen molar-refractivity contribution in [2.24, 2.45) is 0 Å². The first kappa shape index (κ1) is 82.5. The number of phenolic OH excluding ortho intramolecular Hbond substituents is 2. The lowest BCUT2D eigenvalue weighted by Gasteiger charge is -2.20. The number of nitrogens with one attached hydrogen (secondary N) is 1. The number of carboxylic acid groups (broad SMARTS) is 1. The number of carbonyl (C=O) groups excluding carboxylic acids is 3. The van der Waals surface area contributed by atoms with Crippen molar-refractivity contribution < 1.29 is 86.2 Å². The number of rotatable bonds is 16. The molecule has 109 heavy (non-hydrogen) atoms. The topological polar surface area (TPSA) is 299 Å². The molecule has 5 N–H and O–H groups in total. The first-order chi connectivity index (χ1) is 51.2. The first-order valence-electron chi connectivity index (χ1n) is 36.4. The average Bonchev–Trinajstić information content (AvgIpc) is 1.65. The fourth-order valence-electron chi connectivity index (χ4n) is 14.5. The van der Waals surface area contributed by atoms with Gasteiger partial charge < -0.3 is 67.4 Å². The van der Waals surface area contributed by atoms with Crippen LogP contribution in [0.4, 0.5) is 11.4 Å². The normalized spacial score (nSPS) is 15.4. The highest BCUT2D eigenvalue weighted by molar-refractivity contribution is 6.67. The van der Waals surface area contributed by atoms with Crippen LogP contribution in [0.1, 0.15) is 228 Å². The summed E-state index contributed by atoms with van der Waals surface area (Å²) >= 11 is 5.38. The molecule has 5 aliphatic rings. The molecule has 21 nitrogen and oxygen atoms in total. The molecule has 580 valence electrons. The summed E-state index contributed by atoms with van der Waals surface area (Å²) in [7, 11) is 4.04. The molecule has 0 amide bonds. The minimum absolute atomic E-state index is 0.0776. The largest absolute Gasteiger partial charge is 0.508 e. The summed E-state index contributed by atoms with van der Waals surface area (Å²) in [5.41, 5.74) is 18.6. The van der Waals surface area contributed by atoms with E-state index in [0.717, 1.165) is 101 Å². The molecule has 5 aliphatic carbocycles. The summed E-state index contributed by atoms with van der Waals surface area (Å²) in [6.45, 7) is 32.4. The van der Waals surface area contributed by atoms with Crippen LogP contribution in [0.2, 0.25) is 0 Å². The van der Waals surface area contributed by atoms with Gasteiger partial charge in [0.15, 0.2) is 11.5 Å². The molecule has 22 heteroatoms. The van der Waals surface area contributed by atoms with E-state index in [-0.39, 0.29) is 91.6 Å². The lowest BCUT2D eigenvalue weighted by Crippen LogP contribution is -2.12. The minimum atomic E-state index is -1.10. The van der Waals surface area contributed by atoms with Crippen molar-refractivity contribution in [1.82, 2.24) is 0 Å². The van der Waals surface area contributed by atoms with Crippen LogP contribution in [0.25, 0.3) is 0 Å². The fraction of sp³-hybridized carbons (Fsp3) is 0.402. The van der Waals surface area contributed by atoms with Crippen molar-refractivity contribution in [2.75, 3.05) is 39.8 Å². The monoisotopic (exact) mass is 1510 g/mol. The molecule has 0 fully saturated rings. The summed E-state index contributed by atoms with van der Waals surface area (Å²) in [5.74, 6) is 2.67. The lowest BCUT2D eigenvalue weighted by molar-refractivity contribution is -0.386. The number of anilines is 1. The van der Waals surface area contributed by atoms with Gasteiger partial charge in [-0.15, -0.1) is 0 Å². The van der Waals surface area contributed by atoms with E-state index in [1.165, 1.54) is 103 Å². The number of aliphatic hydroxyl groups excluding tert-OH is 1. The molecule has 14 rings (SSSR count). The number of ether oxygens (including phenoxy) is 6. The second-order valence-electron chi connectivity index (χ2n) is 31.5. The standard InChI is InChI=1S/C18H20O4.C17H17ClO3.C17H18O4.C12H14O2.C12H16O.C11H16N2O5/c1-11-9-12-7-8-18(2,3)13(12)10-15(11)22-16-6-5-14(21-16)17(19)20-4;2*1-10-8-11-6-7-17(2,3)12(11)9-14(10)21-15-5-4-13(20-15)16(18)19;1-7-4-8-9(5-10(7)13)12(2,3)6-11(8)14;1-8-6-9-4-5-12(2,3)10(9)7-11(8)13;1-17-9-6-8(12-4-3-5-14)7-10(18-2)11(9)13(15)16/h5-6,9-10H,7-8H2,1-4H3;4-5,8-9H,6-7H2,1-3H3;4-5,8-9H,6-7H2,1-3H3,(H,18,19);4-5,13H,6H2,1-3H3;6-7,13H,4-5H2,1-3H3;6-7,12,14H,3-5H2,1-2H3. The number of carbonyl (C=O) groups is 4. The summed E-state index contributed by atoms with van der Waals surface area (Å²) in [6, 6.07) is 32.6. The number of methoxy groups -OCH3 is 3. The summed E-state index contributed by atoms with van der Waals surface area (Å²) in [4.78, 5) is 55.3. The zero-order valence-corrected chi connectivity index (χ0v) is 66.4. The molecule has 3 heterocycles. The number of benzene rings is 6. The maximum Gasteiger partial charge on any atom is 0.374 e. The van der Waals surface area contributed by atoms with Crippen LogP contribution in [0, 0.1) is 44.7 Å². The Morgan fingerprint density at radius 3 is 1.24 bits per heavy atom. The molecule has 0 spiro atoms. The van der Waals surface area contributed by atoms with Crippen LogP contribution >= 0.6 is 11.6 Å². The molecular formula is C87H101ClN2O19. The van der Waals surface area contributed by atoms with Gasteiger partial charge in [0.2, 0.25) is 23.0 Å². The zero-order chi connectivity index (χ0) is 80.0.